The van der Waals surface area contributed by atoms with Crippen molar-refractivity contribution in [2.75, 3.05) is 19.5 Å². The lowest BCUT2D eigenvalue weighted by atomic mass is 10.2. The van der Waals surface area contributed by atoms with Crippen molar-refractivity contribution in [3.05, 3.63) is 34.6 Å². The molecule has 0 radical (unpaired) electrons. The van der Waals surface area contributed by atoms with E-state index < -0.39 is 0 Å². The molecule has 0 amide bonds. The number of halogens is 1. The van der Waals surface area contributed by atoms with Gasteiger partial charge in [-0.2, -0.15) is 5.10 Å². The van der Waals surface area contributed by atoms with E-state index in [1.54, 1.807) is 18.9 Å². The van der Waals surface area contributed by atoms with E-state index in [9.17, 15) is 0 Å². The summed E-state index contributed by atoms with van der Waals surface area (Å²) in [4.78, 5) is 0. The van der Waals surface area contributed by atoms with Crippen LogP contribution in [0.3, 0.4) is 0 Å². The summed E-state index contributed by atoms with van der Waals surface area (Å²) in [6, 6.07) is 5.68. The molecule has 0 atom stereocenters. The summed E-state index contributed by atoms with van der Waals surface area (Å²) in [7, 11) is 5.06. The molecule has 0 saturated heterocycles. The van der Waals surface area contributed by atoms with Gasteiger partial charge in [0.1, 0.15) is 5.15 Å². The van der Waals surface area contributed by atoms with Gasteiger partial charge < -0.3 is 14.8 Å². The van der Waals surface area contributed by atoms with E-state index in [0.29, 0.717) is 23.2 Å². The van der Waals surface area contributed by atoms with Gasteiger partial charge in [-0.15, -0.1) is 0 Å². The second kappa shape index (κ2) is 6.05. The molecule has 20 heavy (non-hydrogen) atoms. The number of benzene rings is 1. The number of hydrogen-bond donors (Lipinski definition) is 1. The molecule has 0 aliphatic heterocycles. The number of aromatic nitrogens is 2. The Morgan fingerprint density at radius 2 is 1.95 bits per heavy atom. The predicted molar refractivity (Wildman–Crippen MR) is 79.8 cm³/mol. The normalized spacial score (nSPS) is 10.4. The van der Waals surface area contributed by atoms with Crippen LogP contribution in [0, 0.1) is 6.92 Å². The molecule has 0 unspecified atom stereocenters. The molecule has 0 bridgehead atoms. The summed E-state index contributed by atoms with van der Waals surface area (Å²) in [6.45, 7) is 2.55. The third-order valence-corrected chi connectivity index (χ3v) is 3.60. The number of aryl methyl sites for hydroxylation is 2. The summed E-state index contributed by atoms with van der Waals surface area (Å²) >= 11 is 6.20. The number of anilines is 1. The first-order valence-electron chi connectivity index (χ1n) is 6.20. The number of methoxy groups -OCH3 is 2. The third kappa shape index (κ3) is 2.82. The van der Waals surface area contributed by atoms with E-state index in [1.165, 1.54) is 0 Å². The largest absolute Gasteiger partial charge is 0.493 e. The smallest absolute Gasteiger partial charge is 0.162 e. The number of nitrogens with zero attached hydrogens (tertiary/aromatic N) is 2. The van der Waals surface area contributed by atoms with Crippen molar-refractivity contribution in [1.29, 1.82) is 0 Å². The van der Waals surface area contributed by atoms with Crippen LogP contribution in [0.1, 0.15) is 11.3 Å². The average Bonchev–Trinajstić information content (AvgIpc) is 2.70. The van der Waals surface area contributed by atoms with Crippen molar-refractivity contribution in [1.82, 2.24) is 9.78 Å². The SMILES string of the molecule is COc1ccc(NCc2c(C)nn(C)c2Cl)cc1OC. The van der Waals surface area contributed by atoms with Gasteiger partial charge in [0.2, 0.25) is 0 Å². The molecule has 2 rings (SSSR count). The minimum atomic E-state index is 0.605. The van der Waals surface area contributed by atoms with Gasteiger partial charge in [-0.05, 0) is 19.1 Å². The van der Waals surface area contributed by atoms with Gasteiger partial charge in [0.25, 0.3) is 0 Å². The van der Waals surface area contributed by atoms with Crippen molar-refractivity contribution in [2.24, 2.45) is 7.05 Å². The Bertz CT molecular complexity index is 611. The summed E-state index contributed by atoms with van der Waals surface area (Å²) in [6.07, 6.45) is 0. The van der Waals surface area contributed by atoms with E-state index in [2.05, 4.69) is 10.4 Å². The molecular formula is C14H18ClN3O2. The Labute approximate surface area is 123 Å². The topological polar surface area (TPSA) is 48.3 Å². The highest BCUT2D eigenvalue weighted by Crippen LogP contribution is 2.30. The zero-order valence-corrected chi connectivity index (χ0v) is 12.8. The molecular weight excluding hydrogens is 278 g/mol. The quantitative estimate of drug-likeness (QED) is 0.921. The fourth-order valence-electron chi connectivity index (χ4n) is 2.01. The van der Waals surface area contributed by atoms with E-state index >= 15 is 0 Å². The Morgan fingerprint density at radius 3 is 2.50 bits per heavy atom. The van der Waals surface area contributed by atoms with Crippen LogP contribution >= 0.6 is 11.6 Å². The number of rotatable bonds is 5. The summed E-state index contributed by atoms with van der Waals surface area (Å²) < 4.78 is 12.2. The molecule has 0 aliphatic carbocycles. The molecule has 0 spiro atoms. The van der Waals surface area contributed by atoms with Crippen LogP contribution in [-0.4, -0.2) is 24.0 Å². The number of ether oxygens (including phenoxy) is 2. The lowest BCUT2D eigenvalue weighted by Crippen LogP contribution is -2.01. The number of nitrogens with one attached hydrogen (secondary N) is 1. The van der Waals surface area contributed by atoms with Crippen LogP contribution in [0.15, 0.2) is 18.2 Å². The van der Waals surface area contributed by atoms with Gasteiger partial charge in [-0.1, -0.05) is 11.6 Å². The first kappa shape index (κ1) is 14.5. The van der Waals surface area contributed by atoms with E-state index in [-0.39, 0.29) is 0 Å². The van der Waals surface area contributed by atoms with Crippen molar-refractivity contribution in [3.63, 3.8) is 0 Å². The second-order valence-electron chi connectivity index (χ2n) is 4.40. The highest BCUT2D eigenvalue weighted by atomic mass is 35.5. The minimum Gasteiger partial charge on any atom is -0.493 e. The molecule has 0 fully saturated rings. The van der Waals surface area contributed by atoms with Crippen molar-refractivity contribution >= 4 is 17.3 Å². The van der Waals surface area contributed by atoms with Gasteiger partial charge in [0, 0.05) is 30.9 Å². The minimum absolute atomic E-state index is 0.605. The van der Waals surface area contributed by atoms with Crippen molar-refractivity contribution in [3.8, 4) is 11.5 Å². The lowest BCUT2D eigenvalue weighted by molar-refractivity contribution is 0.355. The maximum atomic E-state index is 6.20. The Hall–Kier alpha value is -1.88. The predicted octanol–water partition coefficient (Wildman–Crippen LogP) is 3.01. The molecule has 0 saturated carbocycles. The second-order valence-corrected chi connectivity index (χ2v) is 4.76. The zero-order chi connectivity index (χ0) is 14.7. The Balaban J connectivity index is 2.15. The molecule has 1 N–H and O–H groups in total. The molecule has 2 aromatic rings. The molecule has 1 heterocycles. The van der Waals surface area contributed by atoms with Gasteiger partial charge >= 0.3 is 0 Å². The van der Waals surface area contributed by atoms with Crippen molar-refractivity contribution < 1.29 is 9.47 Å². The van der Waals surface area contributed by atoms with Gasteiger partial charge in [-0.25, -0.2) is 0 Å². The Kier molecular flexibility index (Phi) is 4.39. The van der Waals surface area contributed by atoms with Crippen LogP contribution in [-0.2, 0) is 13.6 Å². The molecule has 1 aromatic carbocycles. The van der Waals surface area contributed by atoms with Gasteiger partial charge in [0.15, 0.2) is 11.5 Å². The average molecular weight is 296 g/mol. The van der Waals surface area contributed by atoms with Gasteiger partial charge in [-0.3, -0.25) is 4.68 Å². The van der Waals surface area contributed by atoms with Crippen LogP contribution < -0.4 is 14.8 Å². The summed E-state index contributed by atoms with van der Waals surface area (Å²) in [5.74, 6) is 1.39. The standard InChI is InChI=1S/C14H18ClN3O2/c1-9-11(14(15)18(2)17-9)8-16-10-5-6-12(19-3)13(7-10)20-4/h5-7,16H,8H2,1-4H3. The van der Waals surface area contributed by atoms with E-state index in [4.69, 9.17) is 21.1 Å². The molecule has 1 aromatic heterocycles. The van der Waals surface area contributed by atoms with E-state index in [1.807, 2.05) is 32.2 Å². The summed E-state index contributed by atoms with van der Waals surface area (Å²) in [5.41, 5.74) is 2.84. The first-order chi connectivity index (χ1) is 9.56. The van der Waals surface area contributed by atoms with Crippen LogP contribution in [0.5, 0.6) is 11.5 Å². The lowest BCUT2D eigenvalue weighted by Gasteiger charge is -2.11. The molecule has 108 valence electrons. The summed E-state index contributed by atoms with van der Waals surface area (Å²) in [5, 5.41) is 8.24. The van der Waals surface area contributed by atoms with Crippen LogP contribution in [0.25, 0.3) is 0 Å². The third-order valence-electron chi connectivity index (χ3n) is 3.12. The van der Waals surface area contributed by atoms with Gasteiger partial charge in [0.05, 0.1) is 19.9 Å². The molecule has 5 nitrogen and oxygen atoms in total. The van der Waals surface area contributed by atoms with E-state index in [0.717, 1.165) is 16.9 Å². The van der Waals surface area contributed by atoms with Crippen LogP contribution in [0.4, 0.5) is 5.69 Å². The maximum Gasteiger partial charge on any atom is 0.162 e. The highest BCUT2D eigenvalue weighted by Gasteiger charge is 2.11. The number of hydrogen-bond acceptors (Lipinski definition) is 4. The molecule has 6 heteroatoms. The Morgan fingerprint density at radius 1 is 1.25 bits per heavy atom. The van der Waals surface area contributed by atoms with Crippen molar-refractivity contribution in [2.45, 2.75) is 13.5 Å². The molecule has 0 aliphatic rings. The fourth-order valence-corrected chi connectivity index (χ4v) is 2.25. The first-order valence-corrected chi connectivity index (χ1v) is 6.58. The monoisotopic (exact) mass is 295 g/mol. The maximum absolute atomic E-state index is 6.20. The van der Waals surface area contributed by atoms with Crippen LogP contribution in [0.2, 0.25) is 5.15 Å². The highest BCUT2D eigenvalue weighted by molar-refractivity contribution is 6.30. The fraction of sp³-hybridized carbons (Fsp3) is 0.357. The zero-order valence-electron chi connectivity index (χ0n) is 12.0.